The molecule has 0 aromatic carbocycles. The molecular weight excluding hydrogens is 1660 g/mol. The van der Waals surface area contributed by atoms with Gasteiger partial charge in [-0.25, -0.2) is 28.7 Å². The first kappa shape index (κ1) is 84.0. The van der Waals surface area contributed by atoms with Crippen molar-refractivity contribution in [2.75, 3.05) is 50.2 Å². The van der Waals surface area contributed by atoms with Gasteiger partial charge in [-0.05, 0) is 63.8 Å². The average Bonchev–Trinajstić information content (AvgIpc) is 1.62. The van der Waals surface area contributed by atoms with Gasteiger partial charge < -0.3 is 118 Å². The van der Waals surface area contributed by atoms with Crippen LogP contribution in [0, 0.1) is 25.7 Å². The number of aromatic amines is 5. The number of rotatable bonds is 31. The normalized spacial score (nSPS) is 28.6. The third-order valence-electron chi connectivity index (χ3n) is 18.0. The maximum atomic E-state index is 14.7. The summed E-state index contributed by atoms with van der Waals surface area (Å²) in [6.07, 6.45) is -15.6. The molecule has 604 valence electrons. The summed E-state index contributed by atoms with van der Waals surface area (Å²) in [5.41, 5.74) is 10.3. The van der Waals surface area contributed by atoms with Gasteiger partial charge in [0.1, 0.15) is 81.5 Å². The van der Waals surface area contributed by atoms with E-state index in [1.165, 1.54) is 47.8 Å². The second-order valence-corrected chi connectivity index (χ2v) is 40.0. The van der Waals surface area contributed by atoms with E-state index < -0.39 is 210 Å². The first-order chi connectivity index (χ1) is 51.6. The molecule has 7 aromatic heterocycles. The highest BCUT2D eigenvalue weighted by Gasteiger charge is 2.47. The van der Waals surface area contributed by atoms with Crippen LogP contribution in [0.5, 0.6) is 0 Å². The Morgan fingerprint density at radius 3 is 1.50 bits per heavy atom. The number of aryl methyl sites for hydroxylation is 2. The van der Waals surface area contributed by atoms with Crippen LogP contribution in [0.4, 0.5) is 17.7 Å². The van der Waals surface area contributed by atoms with Crippen molar-refractivity contribution in [3.63, 3.8) is 0 Å². The Balaban J connectivity index is 0.761. The summed E-state index contributed by atoms with van der Waals surface area (Å²) >= 11 is 26.9. The van der Waals surface area contributed by atoms with Gasteiger partial charge in [-0.15, -0.1) is 0 Å². The maximum absolute atomic E-state index is 14.7. The lowest BCUT2D eigenvalue weighted by atomic mass is 9.89. The zero-order chi connectivity index (χ0) is 79.6. The van der Waals surface area contributed by atoms with Crippen molar-refractivity contribution in [3.8, 4) is 0 Å². The minimum atomic E-state index is -4.96. The topological polar surface area (TPSA) is 615 Å². The van der Waals surface area contributed by atoms with Gasteiger partial charge in [-0.3, -0.25) is 66.9 Å². The molecule has 12 rings (SSSR count). The monoisotopic (exact) mass is 1730 g/mol. The van der Waals surface area contributed by atoms with Crippen LogP contribution >= 0.6 is 33.7 Å². The fourth-order valence-electron chi connectivity index (χ4n) is 12.9. The lowest BCUT2D eigenvalue weighted by Crippen LogP contribution is -2.34. The van der Waals surface area contributed by atoms with Gasteiger partial charge in [0.15, 0.2) is 29.1 Å². The molecule has 5 aliphatic heterocycles. The van der Waals surface area contributed by atoms with E-state index in [1.54, 1.807) is 13.8 Å². The van der Waals surface area contributed by atoms with Crippen LogP contribution < -0.4 is 76.9 Å². The molecule has 45 nitrogen and oxygen atoms in total. The number of nitrogen functional groups attached to an aromatic ring is 3. The van der Waals surface area contributed by atoms with Crippen LogP contribution in [-0.4, -0.2) is 167 Å². The van der Waals surface area contributed by atoms with E-state index in [0.717, 1.165) is 19.9 Å². The van der Waals surface area contributed by atoms with E-state index >= 15 is 0 Å². The third-order valence-corrected chi connectivity index (χ3v) is 26.0. The molecule has 110 heavy (non-hydrogen) atoms. The molecule has 20 atom stereocenters. The van der Waals surface area contributed by atoms with E-state index in [0.29, 0.717) is 6.42 Å². The zero-order valence-corrected chi connectivity index (χ0v) is 66.8. The van der Waals surface area contributed by atoms with E-state index in [9.17, 15) is 62.5 Å². The molecule has 5 fully saturated rings. The third kappa shape index (κ3) is 19.7. The molecule has 12 N–H and O–H groups in total. The largest absolute Gasteiger partial charge is 0.780 e. The molecule has 0 amide bonds. The van der Waals surface area contributed by atoms with Crippen molar-refractivity contribution in [3.05, 3.63) is 125 Å². The van der Waals surface area contributed by atoms with Crippen LogP contribution in [-0.2, 0) is 133 Å². The number of nitrogens with one attached hydrogen (secondary N) is 5. The van der Waals surface area contributed by atoms with Gasteiger partial charge in [0.2, 0.25) is 11.9 Å². The molecule has 5 saturated heterocycles. The maximum Gasteiger partial charge on any atom is 0.351 e. The second-order valence-electron chi connectivity index (χ2n) is 26.4. The Hall–Kier alpha value is -5.44. The van der Waals surface area contributed by atoms with Gasteiger partial charge >= 0.3 is 29.5 Å². The number of nitrogens with zero attached hydrogens (tertiary/aromatic N) is 9. The Bertz CT molecular complexity index is 5410. The second kappa shape index (κ2) is 33.4. The van der Waals surface area contributed by atoms with Crippen LogP contribution in [0.25, 0.3) is 22.3 Å². The lowest BCUT2D eigenvalue weighted by molar-refractivity contribution is -0.219. The summed E-state index contributed by atoms with van der Waals surface area (Å²) in [5, 5.41) is 0. The first-order valence-corrected chi connectivity index (χ1v) is 46.1. The predicted octanol–water partition coefficient (Wildman–Crippen LogP) is -1.35. The summed E-state index contributed by atoms with van der Waals surface area (Å²) in [7, 11) is 0. The van der Waals surface area contributed by atoms with Gasteiger partial charge in [0, 0.05) is 55.4 Å². The number of aromatic nitrogens is 14. The fourth-order valence-corrected chi connectivity index (χ4v) is 20.4. The van der Waals surface area contributed by atoms with Crippen molar-refractivity contribution in [2.24, 2.45) is 11.8 Å². The highest BCUT2D eigenvalue weighted by atomic mass is 32.7. The summed E-state index contributed by atoms with van der Waals surface area (Å²) in [4.78, 5) is 185. The zero-order valence-electron chi connectivity index (χ0n) is 58.3. The fraction of sp³-hybridized carbons (Fsp3) is 0.600. The Labute approximate surface area is 643 Å². The molecule has 0 aliphatic carbocycles. The highest BCUT2D eigenvalue weighted by molar-refractivity contribution is 8.32. The SMILES string of the molecule is Cc1cn([C@H]2C[C@@H](OP([O-])(=S)OC[C@H]3O[C@@H](n4ccc(N)nc4=O)C[C@H]3C(C)C)[C@@H](COP(=O)([S-])O[C@@H]3C[C@H](n4cnc5c(=O)[nH]c(N)nc54)O[C@@H]3COP([O-])(=S)O[C@@H]3C[C@H](n4cc(C)c(=O)[nH]c4=O)O[C@@H]3COP([O-])(=S)O[C@@H]3C[C@H](n4c(=O)[nH]c5c(=O)[nH]c(N)nc54)O[C@@H]3COP(O)(=S)OC(C)C)O2)c(=O)[nH]c1=O. The van der Waals surface area contributed by atoms with E-state index in [1.807, 2.05) is 13.8 Å². The molecular formula is C55H72N17O28P5S5-4. The minimum absolute atomic E-state index is 0.000689. The van der Waals surface area contributed by atoms with E-state index in [-0.39, 0.29) is 82.3 Å². The van der Waals surface area contributed by atoms with Gasteiger partial charge in [-0.2, -0.15) is 15.0 Å². The molecule has 0 saturated carbocycles. The van der Waals surface area contributed by atoms with Gasteiger partial charge in [0.25, 0.3) is 22.2 Å². The molecule has 12 heterocycles. The average molecular weight is 1730 g/mol. The number of fused-ring (bicyclic) bond motifs is 2. The van der Waals surface area contributed by atoms with Gasteiger partial charge in [0.05, 0.1) is 76.0 Å². The molecule has 0 bridgehead atoms. The quantitative estimate of drug-likeness (QED) is 0.0179. The van der Waals surface area contributed by atoms with Crippen LogP contribution in [0.1, 0.15) is 102 Å². The number of anilines is 3. The molecule has 0 radical (unpaired) electrons. The van der Waals surface area contributed by atoms with Gasteiger partial charge in [-0.1, -0.05) is 49.3 Å². The van der Waals surface area contributed by atoms with E-state index in [4.69, 9.17) is 146 Å². The Morgan fingerprint density at radius 2 is 0.991 bits per heavy atom. The van der Waals surface area contributed by atoms with Crippen LogP contribution in [0.3, 0.4) is 0 Å². The molecule has 0 spiro atoms. The lowest BCUT2D eigenvalue weighted by Gasteiger charge is -2.36. The summed E-state index contributed by atoms with van der Waals surface area (Å²) in [6, 6.07) is 1.43. The molecule has 5 aliphatic rings. The number of H-pyrrole nitrogens is 5. The number of nitrogens with two attached hydrogens (primary N) is 3. The van der Waals surface area contributed by atoms with Crippen molar-refractivity contribution in [2.45, 2.75) is 166 Å². The van der Waals surface area contributed by atoms with Crippen LogP contribution in [0.15, 0.2) is 69.3 Å². The smallest absolute Gasteiger partial charge is 0.351 e. The number of imidazole rings is 2. The highest BCUT2D eigenvalue weighted by Crippen LogP contribution is 2.55. The Morgan fingerprint density at radius 1 is 0.555 bits per heavy atom. The number of hydrogen-bond acceptors (Lipinski definition) is 39. The Kier molecular flexibility index (Phi) is 25.5. The summed E-state index contributed by atoms with van der Waals surface area (Å²) in [6.45, 7) is -17.1. The van der Waals surface area contributed by atoms with Crippen molar-refractivity contribution in [1.29, 1.82) is 0 Å². The minimum Gasteiger partial charge on any atom is -0.780 e. The predicted molar refractivity (Wildman–Crippen MR) is 394 cm³/mol. The summed E-state index contributed by atoms with van der Waals surface area (Å²) < 4.78 is 109. The molecule has 5 unspecified atom stereocenters. The summed E-state index contributed by atoms with van der Waals surface area (Å²) in [5.74, 6) is -1.01. The van der Waals surface area contributed by atoms with Crippen molar-refractivity contribution >= 4 is 133 Å². The number of hydrogen-bond donors (Lipinski definition) is 9. The molecule has 55 heteroatoms. The molecule has 7 aromatic rings. The van der Waals surface area contributed by atoms with Crippen LogP contribution in [0.2, 0.25) is 0 Å². The van der Waals surface area contributed by atoms with E-state index in [2.05, 4.69) is 44.9 Å². The standard InChI is InChI=1S/C55H76N17O28P5S5/c1-22(2)26-9-37(68-8-7-36(56)60-52(68)77)91-31(26)16-86-102(82,107)97-27-10-38(69-14-24(5)46(73)66-53(69)78)92-32(27)17-88-104(84,109)99-29-12-40(71-21-59-42-44(71)62-50(57)64-48(42)75)94-34(29)19-90-103(83,108)98-28-11-39(70-15-25(6)47(74)67-54(70)79)93-33(28)18-89-105(85,110)100-30-13-41(95-35(30)20-87-101(81,106)96-23(3)4)72-45-43(61-55(72)80)49(76)65-51(58)63-45/h7-8,14-15,21-23,26-35,37-41H,9-13,16-20H2,1-6H3,(H,61,80)(H,81,106)(H,82,107)(H,83,108)(H,84,109)(H,85,110)(H2,56,60,77)(H,66,73,78)(H,67,74,79)(H3,57,62,64,75)(H3,58,63,65,76)/p-4/t26-,27+,28+,29+,30+,31+,32+,33+,34+,35+,37+,38+,39+,40+,41+,101?,102?,103?,104?,105?/m0/s1. The first-order valence-electron chi connectivity index (χ1n) is 33.3. The van der Waals surface area contributed by atoms with Crippen molar-refractivity contribution in [1.82, 2.24) is 67.7 Å². The van der Waals surface area contributed by atoms with Crippen molar-refractivity contribution < 1.29 is 93.1 Å². The number of ether oxygens (including phenoxy) is 5.